The number of non-ortho nitro benzene ring substituents is 1. The van der Waals surface area contributed by atoms with Crippen LogP contribution in [0, 0.1) is 27.4 Å². The Hall–Kier alpha value is -2.44. The Labute approximate surface area is 133 Å². The van der Waals surface area contributed by atoms with Crippen LogP contribution in [0.15, 0.2) is 24.3 Å². The molecule has 1 aliphatic carbocycles. The van der Waals surface area contributed by atoms with E-state index in [-0.39, 0.29) is 41.1 Å². The van der Waals surface area contributed by atoms with Crippen molar-refractivity contribution in [3.05, 3.63) is 39.9 Å². The second-order valence-electron chi connectivity index (χ2n) is 6.06. The summed E-state index contributed by atoms with van der Waals surface area (Å²) >= 11 is 0. The highest BCUT2D eigenvalue weighted by atomic mass is 16.6. The number of hydrogen-bond acceptors (Lipinski definition) is 6. The zero-order valence-electron chi connectivity index (χ0n) is 13.3. The molecule has 0 spiro atoms. The Bertz CT molecular complexity index is 639. The smallest absolute Gasteiger partial charge is 0.338 e. The lowest BCUT2D eigenvalue weighted by Crippen LogP contribution is -2.12. The Morgan fingerprint density at radius 2 is 2.00 bits per heavy atom. The lowest BCUT2D eigenvalue weighted by Gasteiger charge is -2.05. The lowest BCUT2D eigenvalue weighted by molar-refractivity contribution is -0.384. The number of rotatable bonds is 6. The summed E-state index contributed by atoms with van der Waals surface area (Å²) in [5, 5.41) is 10.7. The Kier molecular flexibility index (Phi) is 4.68. The van der Waals surface area contributed by atoms with Crippen LogP contribution in [0.5, 0.6) is 0 Å². The molecular weight excluding hydrogens is 302 g/mol. The lowest BCUT2D eigenvalue weighted by atomic mass is 10.1. The molecule has 124 valence electrons. The average Bonchev–Trinajstić information content (AvgIpc) is 3.06. The molecule has 23 heavy (non-hydrogen) atoms. The molecule has 0 aromatic heterocycles. The monoisotopic (exact) mass is 321 g/mol. The molecule has 0 bridgehead atoms. The van der Waals surface area contributed by atoms with Crippen molar-refractivity contribution in [3.63, 3.8) is 0 Å². The highest BCUT2D eigenvalue weighted by molar-refractivity contribution is 5.90. The summed E-state index contributed by atoms with van der Waals surface area (Å²) < 4.78 is 10.2. The Morgan fingerprint density at radius 1 is 1.30 bits per heavy atom. The molecule has 1 aromatic carbocycles. The topological polar surface area (TPSA) is 95.7 Å². The number of benzene rings is 1. The van der Waals surface area contributed by atoms with E-state index in [0.717, 1.165) is 0 Å². The second-order valence-corrected chi connectivity index (χ2v) is 6.06. The number of nitro benzene ring substituents is 1. The molecule has 1 fully saturated rings. The molecule has 0 aliphatic heterocycles. The van der Waals surface area contributed by atoms with Gasteiger partial charge in [0.25, 0.3) is 5.69 Å². The molecule has 0 saturated heterocycles. The number of carbonyl (C=O) groups excluding carboxylic acids is 2. The van der Waals surface area contributed by atoms with E-state index in [4.69, 9.17) is 9.47 Å². The van der Waals surface area contributed by atoms with Crippen molar-refractivity contribution in [2.24, 2.45) is 17.3 Å². The number of esters is 2. The van der Waals surface area contributed by atoms with Crippen LogP contribution in [-0.4, -0.2) is 30.1 Å². The van der Waals surface area contributed by atoms with Crippen LogP contribution in [0.4, 0.5) is 5.69 Å². The molecule has 7 nitrogen and oxygen atoms in total. The van der Waals surface area contributed by atoms with Gasteiger partial charge in [0, 0.05) is 18.1 Å². The Morgan fingerprint density at radius 3 is 2.61 bits per heavy atom. The van der Waals surface area contributed by atoms with E-state index in [9.17, 15) is 19.7 Å². The van der Waals surface area contributed by atoms with Crippen LogP contribution >= 0.6 is 0 Å². The van der Waals surface area contributed by atoms with Gasteiger partial charge in [-0.05, 0) is 18.4 Å². The average molecular weight is 321 g/mol. The van der Waals surface area contributed by atoms with E-state index in [2.05, 4.69) is 0 Å². The minimum atomic E-state index is -0.640. The van der Waals surface area contributed by atoms with Crippen molar-refractivity contribution in [1.29, 1.82) is 0 Å². The fourth-order valence-corrected chi connectivity index (χ4v) is 2.75. The van der Waals surface area contributed by atoms with E-state index in [1.807, 2.05) is 13.8 Å². The summed E-state index contributed by atoms with van der Waals surface area (Å²) in [6.07, 6.45) is 0. The van der Waals surface area contributed by atoms with Crippen LogP contribution in [0.1, 0.15) is 31.1 Å². The van der Waals surface area contributed by atoms with Gasteiger partial charge in [-0.3, -0.25) is 14.9 Å². The highest BCUT2D eigenvalue weighted by Gasteiger charge is 2.63. The predicted molar refractivity (Wildman–Crippen MR) is 80.8 cm³/mol. The first-order valence-corrected chi connectivity index (χ1v) is 7.37. The SMILES string of the molecule is CCOC(=O)C1C(COC(=O)c2cccc([N+](=O)[O-])c2)C1(C)C. The summed E-state index contributed by atoms with van der Waals surface area (Å²) in [5.74, 6) is -1.32. The van der Waals surface area contributed by atoms with Gasteiger partial charge in [0.1, 0.15) is 0 Å². The molecule has 0 radical (unpaired) electrons. The number of hydrogen-bond donors (Lipinski definition) is 0. The first-order chi connectivity index (χ1) is 10.8. The van der Waals surface area contributed by atoms with Crippen LogP contribution in [0.3, 0.4) is 0 Å². The molecule has 0 heterocycles. The van der Waals surface area contributed by atoms with Crippen LogP contribution < -0.4 is 0 Å². The van der Waals surface area contributed by atoms with Gasteiger partial charge in [0.15, 0.2) is 0 Å². The first kappa shape index (κ1) is 16.9. The van der Waals surface area contributed by atoms with Crippen LogP contribution in [0.2, 0.25) is 0 Å². The van der Waals surface area contributed by atoms with Gasteiger partial charge < -0.3 is 9.47 Å². The molecule has 7 heteroatoms. The van der Waals surface area contributed by atoms with Gasteiger partial charge in [-0.25, -0.2) is 4.79 Å². The first-order valence-electron chi connectivity index (χ1n) is 7.37. The number of carbonyl (C=O) groups is 2. The zero-order valence-corrected chi connectivity index (χ0v) is 13.3. The summed E-state index contributed by atoms with van der Waals surface area (Å²) in [6, 6.07) is 5.36. The van der Waals surface area contributed by atoms with Crippen molar-refractivity contribution in [2.75, 3.05) is 13.2 Å². The van der Waals surface area contributed by atoms with E-state index in [0.29, 0.717) is 6.61 Å². The van der Waals surface area contributed by atoms with Crippen molar-refractivity contribution in [1.82, 2.24) is 0 Å². The van der Waals surface area contributed by atoms with Gasteiger partial charge in [-0.2, -0.15) is 0 Å². The molecular formula is C16H19NO6. The predicted octanol–water partition coefficient (Wildman–Crippen LogP) is 2.59. The Balaban J connectivity index is 1.96. The molecule has 0 N–H and O–H groups in total. The second kappa shape index (κ2) is 6.36. The van der Waals surface area contributed by atoms with Gasteiger partial charge in [0.2, 0.25) is 0 Å². The minimum Gasteiger partial charge on any atom is -0.466 e. The van der Waals surface area contributed by atoms with Crippen molar-refractivity contribution >= 4 is 17.6 Å². The van der Waals surface area contributed by atoms with Gasteiger partial charge >= 0.3 is 11.9 Å². The van der Waals surface area contributed by atoms with E-state index in [1.165, 1.54) is 24.3 Å². The number of nitrogens with zero attached hydrogens (tertiary/aromatic N) is 1. The third kappa shape index (κ3) is 3.49. The summed E-state index contributed by atoms with van der Waals surface area (Å²) in [4.78, 5) is 34.0. The minimum absolute atomic E-state index is 0.0814. The fourth-order valence-electron chi connectivity index (χ4n) is 2.75. The molecule has 2 atom stereocenters. The largest absolute Gasteiger partial charge is 0.466 e. The van der Waals surface area contributed by atoms with Crippen LogP contribution in [-0.2, 0) is 14.3 Å². The number of nitro groups is 1. The molecule has 1 aliphatic rings. The molecule has 1 aromatic rings. The van der Waals surface area contributed by atoms with E-state index < -0.39 is 10.9 Å². The van der Waals surface area contributed by atoms with Crippen LogP contribution in [0.25, 0.3) is 0 Å². The maximum Gasteiger partial charge on any atom is 0.338 e. The molecule has 2 unspecified atom stereocenters. The van der Waals surface area contributed by atoms with Crippen molar-refractivity contribution in [2.45, 2.75) is 20.8 Å². The van der Waals surface area contributed by atoms with E-state index >= 15 is 0 Å². The summed E-state index contributed by atoms with van der Waals surface area (Å²) in [5.41, 5.74) is -0.337. The van der Waals surface area contributed by atoms with Gasteiger partial charge in [0.05, 0.1) is 29.6 Å². The standard InChI is InChI=1S/C16H19NO6/c1-4-22-15(19)13-12(16(13,2)3)9-23-14(18)10-6-5-7-11(8-10)17(20)21/h5-8,12-13H,4,9H2,1-3H3. The number of ether oxygens (including phenoxy) is 2. The fraction of sp³-hybridized carbons (Fsp3) is 0.500. The highest BCUT2D eigenvalue weighted by Crippen LogP contribution is 2.58. The van der Waals surface area contributed by atoms with Gasteiger partial charge in [-0.1, -0.05) is 19.9 Å². The van der Waals surface area contributed by atoms with Gasteiger partial charge in [-0.15, -0.1) is 0 Å². The summed E-state index contributed by atoms with van der Waals surface area (Å²) in [6.45, 7) is 5.97. The maximum absolute atomic E-state index is 12.0. The molecule has 0 amide bonds. The maximum atomic E-state index is 12.0. The van der Waals surface area contributed by atoms with Crippen molar-refractivity contribution in [3.8, 4) is 0 Å². The third-order valence-corrected chi connectivity index (χ3v) is 4.28. The molecule has 2 rings (SSSR count). The van der Waals surface area contributed by atoms with E-state index in [1.54, 1.807) is 6.92 Å². The zero-order chi connectivity index (χ0) is 17.2. The van der Waals surface area contributed by atoms with Crippen molar-refractivity contribution < 1.29 is 24.0 Å². The molecule has 1 saturated carbocycles. The normalized spacial score (nSPS) is 21.3. The third-order valence-electron chi connectivity index (χ3n) is 4.28. The quantitative estimate of drug-likeness (QED) is 0.454. The summed E-state index contributed by atoms with van der Waals surface area (Å²) in [7, 11) is 0.